The van der Waals surface area contributed by atoms with Crippen molar-refractivity contribution in [1.29, 1.82) is 0 Å². The Hall–Kier alpha value is -1.23. The van der Waals surface area contributed by atoms with Crippen molar-refractivity contribution in [2.24, 2.45) is 0 Å². The van der Waals surface area contributed by atoms with Crippen molar-refractivity contribution in [3.8, 4) is 0 Å². The lowest BCUT2D eigenvalue weighted by Crippen LogP contribution is -2.35. The largest absolute Gasteiger partial charge is 0.488 e. The molecular weight excluding hydrogens is 236 g/mol. The minimum atomic E-state index is -1.12. The Kier molecular flexibility index (Phi) is 5.47. The predicted octanol–water partition coefficient (Wildman–Crippen LogP) is 2.36. The molecule has 0 aromatic rings. The van der Waals surface area contributed by atoms with Gasteiger partial charge in [0, 0.05) is 13.5 Å². The van der Waals surface area contributed by atoms with E-state index < -0.39 is 11.8 Å². The third-order valence-electron chi connectivity index (χ3n) is 2.76. The number of unbranched alkanes of at least 4 members (excludes halogenated alkanes) is 1. The van der Waals surface area contributed by atoms with E-state index in [1.54, 1.807) is 0 Å². The van der Waals surface area contributed by atoms with Gasteiger partial charge < -0.3 is 18.9 Å². The molecule has 5 heteroatoms. The summed E-state index contributed by atoms with van der Waals surface area (Å²) in [5.41, 5.74) is 0. The summed E-state index contributed by atoms with van der Waals surface area (Å²) in [6.07, 6.45) is 2.42. The van der Waals surface area contributed by atoms with Crippen molar-refractivity contribution in [2.45, 2.75) is 45.8 Å². The normalized spacial score (nSPS) is 23.2. The predicted molar refractivity (Wildman–Crippen MR) is 65.6 cm³/mol. The highest BCUT2D eigenvalue weighted by Crippen LogP contribution is 2.38. The van der Waals surface area contributed by atoms with E-state index in [1.807, 2.05) is 13.8 Å². The van der Waals surface area contributed by atoms with Crippen LogP contribution in [-0.4, -0.2) is 32.1 Å². The molecule has 0 aliphatic carbocycles. The molecule has 0 bridgehead atoms. The molecule has 0 saturated heterocycles. The van der Waals surface area contributed by atoms with Crippen LogP contribution in [0.1, 0.15) is 40.0 Å². The van der Waals surface area contributed by atoms with Crippen LogP contribution in [0.15, 0.2) is 11.5 Å². The second-order valence-electron chi connectivity index (χ2n) is 3.97. The quantitative estimate of drug-likeness (QED) is 0.625. The lowest BCUT2D eigenvalue weighted by Gasteiger charge is -2.27. The summed E-state index contributed by atoms with van der Waals surface area (Å²) in [5.74, 6) is -1.13. The van der Waals surface area contributed by atoms with Gasteiger partial charge in [-0.25, -0.2) is 4.79 Å². The first-order chi connectivity index (χ1) is 8.65. The molecular formula is C13H22O5. The SMILES string of the molecule is CCCCC1(OC)OC(=O)C(OCC)=C1OCC. The van der Waals surface area contributed by atoms with E-state index in [2.05, 4.69) is 6.92 Å². The molecule has 1 aliphatic heterocycles. The molecule has 0 amide bonds. The average Bonchev–Trinajstić information content (AvgIpc) is 2.63. The monoisotopic (exact) mass is 258 g/mol. The van der Waals surface area contributed by atoms with Crippen molar-refractivity contribution in [1.82, 2.24) is 0 Å². The summed E-state index contributed by atoms with van der Waals surface area (Å²) >= 11 is 0. The number of esters is 1. The molecule has 5 nitrogen and oxygen atoms in total. The van der Waals surface area contributed by atoms with Gasteiger partial charge in [0.15, 0.2) is 0 Å². The van der Waals surface area contributed by atoms with Gasteiger partial charge in [-0.1, -0.05) is 13.3 Å². The van der Waals surface area contributed by atoms with Gasteiger partial charge in [-0.2, -0.15) is 0 Å². The molecule has 104 valence electrons. The maximum atomic E-state index is 11.8. The van der Waals surface area contributed by atoms with Crippen molar-refractivity contribution in [3.05, 3.63) is 11.5 Å². The van der Waals surface area contributed by atoms with Crippen LogP contribution >= 0.6 is 0 Å². The molecule has 0 N–H and O–H groups in total. The first-order valence-electron chi connectivity index (χ1n) is 6.44. The molecule has 0 saturated carbocycles. The van der Waals surface area contributed by atoms with E-state index in [4.69, 9.17) is 18.9 Å². The Labute approximate surface area is 108 Å². The van der Waals surface area contributed by atoms with Crippen molar-refractivity contribution >= 4 is 5.97 Å². The fourth-order valence-electron chi connectivity index (χ4n) is 1.91. The van der Waals surface area contributed by atoms with E-state index in [1.165, 1.54) is 7.11 Å². The summed E-state index contributed by atoms with van der Waals surface area (Å²) in [7, 11) is 1.51. The summed E-state index contributed by atoms with van der Waals surface area (Å²) < 4.78 is 21.6. The van der Waals surface area contributed by atoms with Crippen LogP contribution in [-0.2, 0) is 23.7 Å². The fraction of sp³-hybridized carbons (Fsp3) is 0.769. The van der Waals surface area contributed by atoms with Crippen LogP contribution < -0.4 is 0 Å². The maximum Gasteiger partial charge on any atom is 0.380 e. The minimum absolute atomic E-state index is 0.136. The lowest BCUT2D eigenvalue weighted by molar-refractivity contribution is -0.207. The summed E-state index contributed by atoms with van der Waals surface area (Å²) in [5, 5.41) is 0. The van der Waals surface area contributed by atoms with Crippen LogP contribution in [0.5, 0.6) is 0 Å². The van der Waals surface area contributed by atoms with E-state index in [9.17, 15) is 4.79 Å². The van der Waals surface area contributed by atoms with E-state index in [0.29, 0.717) is 25.4 Å². The Balaban J connectivity index is 3.05. The van der Waals surface area contributed by atoms with Gasteiger partial charge in [-0.05, 0) is 20.3 Å². The molecule has 0 radical (unpaired) electrons. The Morgan fingerprint density at radius 3 is 2.33 bits per heavy atom. The van der Waals surface area contributed by atoms with E-state index in [0.717, 1.165) is 12.8 Å². The van der Waals surface area contributed by atoms with E-state index >= 15 is 0 Å². The number of carbonyl (C=O) groups excluding carboxylic acids is 1. The third kappa shape index (κ3) is 2.77. The summed E-state index contributed by atoms with van der Waals surface area (Å²) in [6, 6.07) is 0. The van der Waals surface area contributed by atoms with Gasteiger partial charge >= 0.3 is 5.97 Å². The number of cyclic esters (lactones) is 1. The highest BCUT2D eigenvalue weighted by Gasteiger charge is 2.51. The molecule has 0 aromatic carbocycles. The molecule has 1 heterocycles. The van der Waals surface area contributed by atoms with Gasteiger partial charge in [0.05, 0.1) is 13.2 Å². The van der Waals surface area contributed by atoms with Gasteiger partial charge in [0.2, 0.25) is 11.5 Å². The van der Waals surface area contributed by atoms with Gasteiger partial charge in [-0.15, -0.1) is 0 Å². The van der Waals surface area contributed by atoms with Crippen molar-refractivity contribution in [3.63, 3.8) is 0 Å². The third-order valence-corrected chi connectivity index (χ3v) is 2.76. The average molecular weight is 258 g/mol. The Morgan fingerprint density at radius 1 is 1.17 bits per heavy atom. The zero-order valence-corrected chi connectivity index (χ0v) is 11.6. The molecule has 1 atom stereocenters. The fourth-order valence-corrected chi connectivity index (χ4v) is 1.91. The number of rotatable bonds is 8. The standard InChI is InChI=1S/C13H22O5/c1-5-8-9-13(15-4)11(17-7-3)10(16-6-2)12(14)18-13/h5-9H2,1-4H3. The maximum absolute atomic E-state index is 11.8. The van der Waals surface area contributed by atoms with Crippen LogP contribution in [0.2, 0.25) is 0 Å². The van der Waals surface area contributed by atoms with Gasteiger partial charge in [0.25, 0.3) is 5.79 Å². The second-order valence-corrected chi connectivity index (χ2v) is 3.97. The first kappa shape index (κ1) is 14.8. The topological polar surface area (TPSA) is 54.0 Å². The summed E-state index contributed by atoms with van der Waals surface area (Å²) in [4.78, 5) is 11.8. The highest BCUT2D eigenvalue weighted by molar-refractivity contribution is 5.90. The molecule has 1 rings (SSSR count). The summed E-state index contributed by atoms with van der Waals surface area (Å²) in [6.45, 7) is 6.53. The second kappa shape index (κ2) is 6.64. The first-order valence-corrected chi connectivity index (χ1v) is 6.44. The van der Waals surface area contributed by atoms with Crippen LogP contribution in [0.25, 0.3) is 0 Å². The number of carbonyl (C=O) groups is 1. The molecule has 0 fully saturated rings. The van der Waals surface area contributed by atoms with Gasteiger partial charge in [-0.3, -0.25) is 0 Å². The van der Waals surface area contributed by atoms with Crippen LogP contribution in [0.4, 0.5) is 0 Å². The Bertz CT molecular complexity index is 323. The Morgan fingerprint density at radius 2 is 1.83 bits per heavy atom. The van der Waals surface area contributed by atoms with Crippen molar-refractivity contribution < 1.29 is 23.7 Å². The van der Waals surface area contributed by atoms with Crippen LogP contribution in [0, 0.1) is 0 Å². The zero-order valence-electron chi connectivity index (χ0n) is 11.6. The molecule has 0 spiro atoms. The zero-order chi connectivity index (χ0) is 13.6. The smallest absolute Gasteiger partial charge is 0.380 e. The van der Waals surface area contributed by atoms with Gasteiger partial charge in [0.1, 0.15) is 0 Å². The molecule has 1 aliphatic rings. The lowest BCUT2D eigenvalue weighted by atomic mass is 10.1. The van der Waals surface area contributed by atoms with E-state index in [-0.39, 0.29) is 5.76 Å². The highest BCUT2D eigenvalue weighted by atomic mass is 16.7. The van der Waals surface area contributed by atoms with Crippen LogP contribution in [0.3, 0.4) is 0 Å². The number of ether oxygens (including phenoxy) is 4. The molecule has 18 heavy (non-hydrogen) atoms. The molecule has 1 unspecified atom stereocenters. The molecule has 0 aromatic heterocycles. The number of methoxy groups -OCH3 is 1. The number of hydrogen-bond acceptors (Lipinski definition) is 5. The minimum Gasteiger partial charge on any atom is -0.488 e. The van der Waals surface area contributed by atoms with Crippen molar-refractivity contribution in [2.75, 3.05) is 20.3 Å². The number of hydrogen-bond donors (Lipinski definition) is 0.